The normalized spacial score (nSPS) is 17.9. The molecule has 2 N–H and O–H groups in total. The molecule has 6 nitrogen and oxygen atoms in total. The van der Waals surface area contributed by atoms with Crippen molar-refractivity contribution in [1.29, 1.82) is 0 Å². The van der Waals surface area contributed by atoms with E-state index in [9.17, 15) is 14.7 Å². The van der Waals surface area contributed by atoms with Crippen molar-refractivity contribution in [2.75, 3.05) is 19.8 Å². The van der Waals surface area contributed by atoms with E-state index in [-0.39, 0.29) is 13.2 Å². The summed E-state index contributed by atoms with van der Waals surface area (Å²) in [5, 5.41) is 12.2. The molecule has 1 fully saturated rings. The smallest absolute Gasteiger partial charge is 0.407 e. The van der Waals surface area contributed by atoms with E-state index >= 15 is 0 Å². The highest BCUT2D eigenvalue weighted by Crippen LogP contribution is 2.40. The molecule has 0 radical (unpaired) electrons. The molecule has 0 aliphatic heterocycles. The minimum Gasteiger partial charge on any atom is -0.481 e. The first kappa shape index (κ1) is 17.8. The lowest BCUT2D eigenvalue weighted by molar-refractivity contribution is -0.153. The molecule has 1 saturated carbocycles. The minimum absolute atomic E-state index is 0.0216. The fourth-order valence-corrected chi connectivity index (χ4v) is 2.13. The summed E-state index contributed by atoms with van der Waals surface area (Å²) in [7, 11) is 0. The van der Waals surface area contributed by atoms with Crippen LogP contribution in [0.4, 0.5) is 4.79 Å². The average molecular weight is 301 g/mol. The lowest BCUT2D eigenvalue weighted by atomic mass is 9.83. The Morgan fingerprint density at radius 1 is 1.29 bits per heavy atom. The van der Waals surface area contributed by atoms with Crippen LogP contribution in [0.25, 0.3) is 0 Å². The van der Waals surface area contributed by atoms with Gasteiger partial charge in [0.05, 0.1) is 6.61 Å². The second kappa shape index (κ2) is 7.11. The Bertz CT molecular complexity index is 373. The van der Waals surface area contributed by atoms with Crippen LogP contribution in [0.5, 0.6) is 0 Å². The predicted molar refractivity (Wildman–Crippen MR) is 78.1 cm³/mol. The second-order valence-electron chi connectivity index (χ2n) is 6.73. The summed E-state index contributed by atoms with van der Waals surface area (Å²) in [6.45, 7) is 7.69. The number of rotatable bonds is 8. The van der Waals surface area contributed by atoms with Crippen LogP contribution < -0.4 is 5.32 Å². The Morgan fingerprint density at radius 2 is 1.90 bits per heavy atom. The Morgan fingerprint density at radius 3 is 2.33 bits per heavy atom. The molecule has 0 saturated heterocycles. The lowest BCUT2D eigenvalue weighted by Crippen LogP contribution is -2.47. The van der Waals surface area contributed by atoms with Crippen LogP contribution in [0, 0.1) is 11.3 Å². The zero-order chi connectivity index (χ0) is 16.1. The van der Waals surface area contributed by atoms with Gasteiger partial charge >= 0.3 is 12.1 Å². The molecule has 1 atom stereocenters. The van der Waals surface area contributed by atoms with Crippen molar-refractivity contribution >= 4 is 12.1 Å². The van der Waals surface area contributed by atoms with Gasteiger partial charge in [-0.2, -0.15) is 0 Å². The molecule has 21 heavy (non-hydrogen) atoms. The van der Waals surface area contributed by atoms with Crippen molar-refractivity contribution in [3.05, 3.63) is 0 Å². The number of amides is 1. The maximum Gasteiger partial charge on any atom is 0.407 e. The molecule has 0 bridgehead atoms. The molecule has 122 valence electrons. The molecule has 0 spiro atoms. The third-order valence-electron chi connectivity index (χ3n) is 3.38. The van der Waals surface area contributed by atoms with E-state index in [0.717, 1.165) is 12.8 Å². The van der Waals surface area contributed by atoms with E-state index in [2.05, 4.69) is 5.32 Å². The quantitative estimate of drug-likeness (QED) is 0.719. The first-order valence-corrected chi connectivity index (χ1v) is 7.46. The summed E-state index contributed by atoms with van der Waals surface area (Å²) < 4.78 is 10.5. The van der Waals surface area contributed by atoms with E-state index < -0.39 is 23.1 Å². The number of ether oxygens (including phenoxy) is 2. The van der Waals surface area contributed by atoms with Gasteiger partial charge in [0.2, 0.25) is 0 Å². The molecule has 1 aliphatic rings. The molecule has 1 rings (SSSR count). The number of hydrogen-bond donors (Lipinski definition) is 2. The van der Waals surface area contributed by atoms with Gasteiger partial charge in [-0.3, -0.25) is 4.79 Å². The summed E-state index contributed by atoms with van der Waals surface area (Å²) >= 11 is 0. The Balaban J connectivity index is 2.66. The number of carbonyl (C=O) groups excluding carboxylic acids is 1. The maximum atomic E-state index is 11.7. The Labute approximate surface area is 126 Å². The van der Waals surface area contributed by atoms with Crippen molar-refractivity contribution in [1.82, 2.24) is 5.32 Å². The standard InChI is InChI=1S/C15H27NO5/c1-5-20-10-15(12(17)18,8-11-6-7-11)9-16-13(19)21-14(2,3)4/h11H,5-10H2,1-4H3,(H,16,19)(H,17,18). The van der Waals surface area contributed by atoms with Crippen LogP contribution in [-0.4, -0.2) is 42.5 Å². The van der Waals surface area contributed by atoms with E-state index in [0.29, 0.717) is 18.9 Å². The number of carboxylic acids is 1. The number of nitrogens with one attached hydrogen (secondary N) is 1. The minimum atomic E-state index is -1.08. The Kier molecular flexibility index (Phi) is 6.01. The number of carbonyl (C=O) groups is 2. The maximum absolute atomic E-state index is 11.7. The summed E-state index contributed by atoms with van der Waals surface area (Å²) in [5.41, 5.74) is -1.68. The van der Waals surface area contributed by atoms with Crippen LogP contribution in [0.1, 0.15) is 47.0 Å². The lowest BCUT2D eigenvalue weighted by Gasteiger charge is -2.30. The first-order chi connectivity index (χ1) is 9.68. The SMILES string of the molecule is CCOCC(CNC(=O)OC(C)(C)C)(CC1CC1)C(=O)O. The van der Waals surface area contributed by atoms with Gasteiger partial charge in [0, 0.05) is 13.2 Å². The van der Waals surface area contributed by atoms with E-state index in [4.69, 9.17) is 9.47 Å². The third-order valence-corrected chi connectivity index (χ3v) is 3.38. The third kappa shape index (κ3) is 6.33. The molecular weight excluding hydrogens is 274 g/mol. The van der Waals surface area contributed by atoms with Crippen molar-refractivity contribution < 1.29 is 24.2 Å². The summed E-state index contributed by atoms with van der Waals surface area (Å²) in [6, 6.07) is 0. The molecule has 6 heteroatoms. The molecule has 0 heterocycles. The zero-order valence-corrected chi connectivity index (χ0v) is 13.4. The highest BCUT2D eigenvalue weighted by atomic mass is 16.6. The number of hydrogen-bond acceptors (Lipinski definition) is 4. The molecule has 0 aromatic carbocycles. The molecule has 0 aromatic heterocycles. The summed E-state index contributed by atoms with van der Waals surface area (Å²) in [5.74, 6) is -0.513. The van der Waals surface area contributed by atoms with Gasteiger partial charge in [-0.15, -0.1) is 0 Å². The summed E-state index contributed by atoms with van der Waals surface area (Å²) in [4.78, 5) is 23.5. The Hall–Kier alpha value is -1.30. The van der Waals surface area contributed by atoms with E-state index in [1.165, 1.54) is 0 Å². The summed E-state index contributed by atoms with van der Waals surface area (Å²) in [6.07, 6.45) is 2.03. The average Bonchev–Trinajstić information content (AvgIpc) is 3.14. The topological polar surface area (TPSA) is 84.9 Å². The van der Waals surface area contributed by atoms with Crippen molar-refractivity contribution in [3.8, 4) is 0 Å². The largest absolute Gasteiger partial charge is 0.481 e. The van der Waals surface area contributed by atoms with Gasteiger partial charge in [-0.05, 0) is 40.0 Å². The van der Waals surface area contributed by atoms with Gasteiger partial charge < -0.3 is 19.9 Å². The highest BCUT2D eigenvalue weighted by molar-refractivity contribution is 5.76. The van der Waals surface area contributed by atoms with Crippen LogP contribution >= 0.6 is 0 Å². The molecule has 0 aromatic rings. The molecular formula is C15H27NO5. The number of carboxylic acid groups (broad SMARTS) is 1. The van der Waals surface area contributed by atoms with E-state index in [1.807, 2.05) is 6.92 Å². The fourth-order valence-electron chi connectivity index (χ4n) is 2.13. The van der Waals surface area contributed by atoms with Crippen molar-refractivity contribution in [2.24, 2.45) is 11.3 Å². The fraction of sp³-hybridized carbons (Fsp3) is 0.867. The van der Waals surface area contributed by atoms with Crippen LogP contribution in [0.3, 0.4) is 0 Å². The van der Waals surface area contributed by atoms with E-state index in [1.54, 1.807) is 20.8 Å². The molecule has 1 aliphatic carbocycles. The van der Waals surface area contributed by atoms with Crippen LogP contribution in [-0.2, 0) is 14.3 Å². The van der Waals surface area contributed by atoms with Crippen LogP contribution in [0.2, 0.25) is 0 Å². The molecule has 1 amide bonds. The number of alkyl carbamates (subject to hydrolysis) is 1. The van der Waals surface area contributed by atoms with Gasteiger partial charge in [0.25, 0.3) is 0 Å². The predicted octanol–water partition coefficient (Wildman–Crippen LogP) is 2.42. The first-order valence-electron chi connectivity index (χ1n) is 7.46. The highest BCUT2D eigenvalue weighted by Gasteiger charge is 2.44. The van der Waals surface area contributed by atoms with Gasteiger partial charge in [-0.1, -0.05) is 12.8 Å². The van der Waals surface area contributed by atoms with Gasteiger partial charge in [0.1, 0.15) is 11.0 Å². The second-order valence-corrected chi connectivity index (χ2v) is 6.73. The van der Waals surface area contributed by atoms with Crippen molar-refractivity contribution in [3.63, 3.8) is 0 Å². The monoisotopic (exact) mass is 301 g/mol. The van der Waals surface area contributed by atoms with Gasteiger partial charge in [-0.25, -0.2) is 4.79 Å². The zero-order valence-electron chi connectivity index (χ0n) is 13.4. The van der Waals surface area contributed by atoms with Crippen LogP contribution in [0.15, 0.2) is 0 Å². The molecule has 1 unspecified atom stereocenters. The van der Waals surface area contributed by atoms with Crippen molar-refractivity contribution in [2.45, 2.75) is 52.6 Å². The number of aliphatic carboxylic acids is 1. The van der Waals surface area contributed by atoms with Gasteiger partial charge in [0.15, 0.2) is 0 Å².